The molecule has 176 valence electrons. The van der Waals surface area contributed by atoms with Gasteiger partial charge in [0.1, 0.15) is 15.7 Å². The molecule has 1 aliphatic rings. The maximum atomic E-state index is 12.8. The van der Waals surface area contributed by atoms with Crippen molar-refractivity contribution in [2.45, 2.75) is 13.3 Å². The standard InChI is InChI=1S/C25H17NO5S4/c1-14-4-6-15(7-5-14)21-17(8-9-18-22(21)35-25(29)31-18)30-20(27)10-11-26-23(28)19(34-24(26)32)13-16-3-2-12-33-16/h2-9,12-13H,10-11H2,1H3. The summed E-state index contributed by atoms with van der Waals surface area (Å²) >= 11 is 9.08. The number of carbonyl (C=O) groups is 2. The molecule has 4 aromatic rings. The summed E-state index contributed by atoms with van der Waals surface area (Å²) < 4.78 is 12.0. The van der Waals surface area contributed by atoms with Crippen molar-refractivity contribution in [3.63, 3.8) is 0 Å². The molecule has 1 fully saturated rings. The fourth-order valence-corrected chi connectivity index (χ4v) is 6.43. The van der Waals surface area contributed by atoms with Gasteiger partial charge >= 0.3 is 10.9 Å². The van der Waals surface area contributed by atoms with Crippen molar-refractivity contribution < 1.29 is 18.7 Å². The molecule has 10 heteroatoms. The van der Waals surface area contributed by atoms with Gasteiger partial charge in [-0.2, -0.15) is 0 Å². The van der Waals surface area contributed by atoms with Gasteiger partial charge in [0.25, 0.3) is 5.91 Å². The van der Waals surface area contributed by atoms with E-state index in [0.29, 0.717) is 30.8 Å². The highest BCUT2D eigenvalue weighted by Gasteiger charge is 2.32. The van der Waals surface area contributed by atoms with Crippen molar-refractivity contribution in [3.8, 4) is 16.9 Å². The Kier molecular flexibility index (Phi) is 6.70. The molecule has 0 radical (unpaired) electrons. The van der Waals surface area contributed by atoms with Crippen LogP contribution < -0.4 is 9.68 Å². The van der Waals surface area contributed by atoms with E-state index in [2.05, 4.69) is 0 Å². The molecule has 0 spiro atoms. The van der Waals surface area contributed by atoms with E-state index in [-0.39, 0.29) is 18.9 Å². The van der Waals surface area contributed by atoms with Crippen LogP contribution in [0, 0.1) is 6.92 Å². The number of thiophene rings is 1. The number of thiocarbonyl (C=S) groups is 1. The van der Waals surface area contributed by atoms with E-state index in [9.17, 15) is 14.4 Å². The summed E-state index contributed by atoms with van der Waals surface area (Å²) in [6, 6.07) is 14.8. The number of aryl methyl sites for hydroxylation is 1. The number of esters is 1. The van der Waals surface area contributed by atoms with Gasteiger partial charge in [0.05, 0.1) is 16.0 Å². The number of thioether (sulfide) groups is 1. The lowest BCUT2D eigenvalue weighted by Gasteiger charge is -2.15. The van der Waals surface area contributed by atoms with Gasteiger partial charge in [-0.05, 0) is 42.1 Å². The van der Waals surface area contributed by atoms with Crippen molar-refractivity contribution in [1.29, 1.82) is 0 Å². The van der Waals surface area contributed by atoms with Crippen molar-refractivity contribution >= 4 is 79.2 Å². The Labute approximate surface area is 217 Å². The molecule has 0 atom stereocenters. The second-order valence-electron chi connectivity index (χ2n) is 7.66. The second kappa shape index (κ2) is 9.90. The van der Waals surface area contributed by atoms with Crippen LogP contribution in [0.3, 0.4) is 0 Å². The number of benzene rings is 2. The Morgan fingerprint density at radius 2 is 1.94 bits per heavy atom. The van der Waals surface area contributed by atoms with Gasteiger partial charge in [-0.3, -0.25) is 14.5 Å². The first-order valence-electron chi connectivity index (χ1n) is 10.5. The molecule has 1 saturated heterocycles. The van der Waals surface area contributed by atoms with Gasteiger partial charge in [-0.15, -0.1) is 11.3 Å². The van der Waals surface area contributed by atoms with Crippen LogP contribution in [0.4, 0.5) is 0 Å². The molecule has 0 unspecified atom stereocenters. The minimum Gasteiger partial charge on any atom is -0.426 e. The van der Waals surface area contributed by atoms with Gasteiger partial charge in [-0.1, -0.05) is 71.2 Å². The molecule has 5 rings (SSSR count). The minimum absolute atomic E-state index is 0.0360. The summed E-state index contributed by atoms with van der Waals surface area (Å²) in [5, 5.41) is 1.94. The van der Waals surface area contributed by atoms with Gasteiger partial charge < -0.3 is 9.15 Å². The summed E-state index contributed by atoms with van der Waals surface area (Å²) in [6.07, 6.45) is 1.77. The summed E-state index contributed by atoms with van der Waals surface area (Å²) in [7, 11) is 0. The summed E-state index contributed by atoms with van der Waals surface area (Å²) in [6.45, 7) is 2.09. The van der Waals surface area contributed by atoms with E-state index in [0.717, 1.165) is 27.3 Å². The van der Waals surface area contributed by atoms with Gasteiger partial charge in [0, 0.05) is 17.0 Å². The quantitative estimate of drug-likeness (QED) is 0.127. The molecular weight excluding hydrogens is 523 g/mol. The van der Waals surface area contributed by atoms with Crippen LogP contribution in [-0.2, 0) is 9.59 Å². The van der Waals surface area contributed by atoms with E-state index in [4.69, 9.17) is 21.4 Å². The van der Waals surface area contributed by atoms with E-state index in [1.807, 2.05) is 54.8 Å². The lowest BCUT2D eigenvalue weighted by molar-refractivity contribution is -0.134. The Hall–Kier alpha value is -3.05. The maximum Gasteiger partial charge on any atom is 0.396 e. The van der Waals surface area contributed by atoms with E-state index in [1.165, 1.54) is 28.0 Å². The molecule has 0 aliphatic carbocycles. The molecule has 0 saturated carbocycles. The molecular formula is C25H17NO5S4. The van der Waals surface area contributed by atoms with Crippen LogP contribution in [0.25, 0.3) is 27.5 Å². The smallest absolute Gasteiger partial charge is 0.396 e. The average molecular weight is 540 g/mol. The van der Waals surface area contributed by atoms with Crippen LogP contribution in [-0.4, -0.2) is 27.6 Å². The SMILES string of the molecule is Cc1ccc(-c2c(OC(=O)CCN3C(=O)C(=Cc4cccs4)SC3=S)ccc3oc(=O)sc23)cc1. The van der Waals surface area contributed by atoms with Gasteiger partial charge in [-0.25, -0.2) is 4.79 Å². The molecule has 2 aromatic heterocycles. The third kappa shape index (κ3) is 5.01. The van der Waals surface area contributed by atoms with Crippen LogP contribution >= 0.6 is 46.7 Å². The normalized spacial score (nSPS) is 14.9. The Bertz CT molecular complexity index is 1530. The topological polar surface area (TPSA) is 76.8 Å². The van der Waals surface area contributed by atoms with E-state index in [1.54, 1.807) is 12.1 Å². The fraction of sp³-hybridized carbons (Fsp3) is 0.120. The molecule has 3 heterocycles. The van der Waals surface area contributed by atoms with E-state index < -0.39 is 10.9 Å². The van der Waals surface area contributed by atoms with Crippen LogP contribution in [0.1, 0.15) is 16.9 Å². The lowest BCUT2D eigenvalue weighted by Crippen LogP contribution is -2.31. The first kappa shape index (κ1) is 23.7. The summed E-state index contributed by atoms with van der Waals surface area (Å²) in [4.78, 5) is 40.0. The highest BCUT2D eigenvalue weighted by molar-refractivity contribution is 8.26. The molecule has 1 aliphatic heterocycles. The number of hydrogen-bond acceptors (Lipinski definition) is 9. The molecule has 0 N–H and O–H groups in total. The van der Waals surface area contributed by atoms with Gasteiger partial charge in [0.2, 0.25) is 0 Å². The first-order valence-corrected chi connectivity index (χ1v) is 13.4. The third-order valence-electron chi connectivity index (χ3n) is 5.26. The Morgan fingerprint density at radius 3 is 2.69 bits per heavy atom. The lowest BCUT2D eigenvalue weighted by atomic mass is 10.0. The zero-order valence-corrected chi connectivity index (χ0v) is 21.6. The number of rotatable bonds is 6. The largest absolute Gasteiger partial charge is 0.426 e. The maximum absolute atomic E-state index is 12.8. The average Bonchev–Trinajstić information content (AvgIpc) is 3.53. The van der Waals surface area contributed by atoms with E-state index >= 15 is 0 Å². The van der Waals surface area contributed by atoms with Gasteiger partial charge in [0.15, 0.2) is 0 Å². The third-order valence-corrected chi connectivity index (χ3v) is 8.31. The Balaban J connectivity index is 1.34. The number of fused-ring (bicyclic) bond motifs is 1. The second-order valence-corrected chi connectivity index (χ2v) is 11.3. The first-order chi connectivity index (χ1) is 16.9. The minimum atomic E-state index is -0.509. The zero-order valence-electron chi connectivity index (χ0n) is 18.3. The van der Waals surface area contributed by atoms with Crippen molar-refractivity contribution in [1.82, 2.24) is 4.90 Å². The highest BCUT2D eigenvalue weighted by atomic mass is 32.2. The highest BCUT2D eigenvalue weighted by Crippen LogP contribution is 2.39. The number of nitrogens with zero attached hydrogens (tertiary/aromatic N) is 1. The number of amides is 1. The number of ether oxygens (including phenoxy) is 1. The van der Waals surface area contributed by atoms with Crippen molar-refractivity contribution in [2.24, 2.45) is 0 Å². The number of carbonyl (C=O) groups excluding carboxylic acids is 2. The van der Waals surface area contributed by atoms with Crippen molar-refractivity contribution in [3.05, 3.63) is 79.0 Å². The molecule has 1 amide bonds. The van der Waals surface area contributed by atoms with Crippen LogP contribution in [0.15, 0.2) is 68.0 Å². The Morgan fingerprint density at radius 1 is 1.14 bits per heavy atom. The van der Waals surface area contributed by atoms with Crippen LogP contribution in [0.5, 0.6) is 5.75 Å². The van der Waals surface area contributed by atoms with Crippen molar-refractivity contribution in [2.75, 3.05) is 6.54 Å². The molecule has 6 nitrogen and oxygen atoms in total. The summed E-state index contributed by atoms with van der Waals surface area (Å²) in [5.41, 5.74) is 2.94. The molecule has 35 heavy (non-hydrogen) atoms. The molecule has 0 bridgehead atoms. The fourth-order valence-electron chi connectivity index (χ4n) is 3.57. The summed E-state index contributed by atoms with van der Waals surface area (Å²) in [5.74, 6) is -0.401. The predicted molar refractivity (Wildman–Crippen MR) is 145 cm³/mol. The van der Waals surface area contributed by atoms with Crippen LogP contribution in [0.2, 0.25) is 0 Å². The predicted octanol–water partition coefficient (Wildman–Crippen LogP) is 6.09. The monoisotopic (exact) mass is 539 g/mol. The molecule has 2 aromatic carbocycles. The number of hydrogen-bond donors (Lipinski definition) is 0. The zero-order chi connectivity index (χ0) is 24.5.